The molecule has 2 rings (SSSR count). The quantitative estimate of drug-likeness (QED) is 0.905. The van der Waals surface area contributed by atoms with Crippen LogP contribution in [0.4, 0.5) is 4.39 Å². The van der Waals surface area contributed by atoms with Crippen LogP contribution < -0.4 is 9.88 Å². The SMILES string of the molecule is NS(=O)(=O)c1ccc(OCc2ccc(Br)cn2)c(F)c1. The number of hydrogen-bond acceptors (Lipinski definition) is 4. The molecule has 1 aromatic carbocycles. The van der Waals surface area contributed by atoms with Crippen molar-refractivity contribution >= 4 is 26.0 Å². The number of nitrogens with zero attached hydrogens (tertiary/aromatic N) is 1. The molecule has 20 heavy (non-hydrogen) atoms. The Morgan fingerprint density at radius 3 is 2.60 bits per heavy atom. The summed E-state index contributed by atoms with van der Waals surface area (Å²) in [5.74, 6) is -0.865. The Balaban J connectivity index is 2.12. The average Bonchev–Trinajstić information content (AvgIpc) is 2.38. The van der Waals surface area contributed by atoms with Gasteiger partial charge in [0.25, 0.3) is 0 Å². The molecular weight excluding hydrogens is 351 g/mol. The minimum absolute atomic E-state index is 0.0675. The highest BCUT2D eigenvalue weighted by molar-refractivity contribution is 9.10. The van der Waals surface area contributed by atoms with Gasteiger partial charge in [-0.2, -0.15) is 0 Å². The van der Waals surface area contributed by atoms with E-state index >= 15 is 0 Å². The van der Waals surface area contributed by atoms with Gasteiger partial charge in [-0.05, 0) is 46.3 Å². The van der Waals surface area contributed by atoms with Crippen LogP contribution in [0.25, 0.3) is 0 Å². The van der Waals surface area contributed by atoms with Crippen LogP contribution in [0.2, 0.25) is 0 Å². The van der Waals surface area contributed by atoms with Crippen LogP contribution in [-0.2, 0) is 16.6 Å². The number of pyridine rings is 1. The largest absolute Gasteiger partial charge is 0.484 e. The Kier molecular flexibility index (Phi) is 4.36. The van der Waals surface area contributed by atoms with Gasteiger partial charge in [0.2, 0.25) is 10.0 Å². The molecule has 106 valence electrons. The molecule has 0 unspecified atom stereocenters. The monoisotopic (exact) mass is 360 g/mol. The van der Waals surface area contributed by atoms with Gasteiger partial charge in [0.05, 0.1) is 10.6 Å². The van der Waals surface area contributed by atoms with Crippen molar-refractivity contribution in [2.45, 2.75) is 11.5 Å². The molecule has 1 aromatic heterocycles. The van der Waals surface area contributed by atoms with Crippen LogP contribution in [0.3, 0.4) is 0 Å². The van der Waals surface area contributed by atoms with E-state index in [0.717, 1.165) is 10.5 Å². The van der Waals surface area contributed by atoms with E-state index in [9.17, 15) is 12.8 Å². The summed E-state index contributed by atoms with van der Waals surface area (Å²) in [7, 11) is -3.93. The minimum atomic E-state index is -3.93. The molecule has 0 aliphatic carbocycles. The molecule has 0 bridgehead atoms. The molecule has 0 fully saturated rings. The van der Waals surface area contributed by atoms with Crippen LogP contribution in [-0.4, -0.2) is 13.4 Å². The molecule has 0 saturated heterocycles. The molecule has 0 aliphatic heterocycles. The summed E-state index contributed by atoms with van der Waals surface area (Å²) in [6.07, 6.45) is 1.60. The number of nitrogens with two attached hydrogens (primary N) is 1. The number of ether oxygens (including phenoxy) is 1. The van der Waals surface area contributed by atoms with Crippen LogP contribution in [0.1, 0.15) is 5.69 Å². The molecule has 0 radical (unpaired) electrons. The number of primary sulfonamides is 1. The van der Waals surface area contributed by atoms with Crippen molar-refractivity contribution in [2.75, 3.05) is 0 Å². The molecule has 5 nitrogen and oxygen atoms in total. The first-order valence-electron chi connectivity index (χ1n) is 5.42. The van der Waals surface area contributed by atoms with Gasteiger partial charge in [0.15, 0.2) is 11.6 Å². The van der Waals surface area contributed by atoms with Gasteiger partial charge in [-0.15, -0.1) is 0 Å². The summed E-state index contributed by atoms with van der Waals surface area (Å²) in [6, 6.07) is 6.73. The zero-order chi connectivity index (χ0) is 14.8. The third-order valence-electron chi connectivity index (χ3n) is 2.40. The first-order valence-corrected chi connectivity index (χ1v) is 7.76. The summed E-state index contributed by atoms with van der Waals surface area (Å²) in [5.41, 5.74) is 0.614. The van der Waals surface area contributed by atoms with Crippen molar-refractivity contribution in [1.82, 2.24) is 4.98 Å². The molecule has 2 aromatic rings. The molecule has 1 heterocycles. The smallest absolute Gasteiger partial charge is 0.238 e. The number of benzene rings is 1. The highest BCUT2D eigenvalue weighted by Crippen LogP contribution is 2.21. The number of rotatable bonds is 4. The van der Waals surface area contributed by atoms with Gasteiger partial charge in [-0.1, -0.05) is 0 Å². The summed E-state index contributed by atoms with van der Waals surface area (Å²) in [6.45, 7) is 0.0684. The fraction of sp³-hybridized carbons (Fsp3) is 0.0833. The van der Waals surface area contributed by atoms with Crippen molar-refractivity contribution in [3.8, 4) is 5.75 Å². The van der Waals surface area contributed by atoms with Crippen molar-refractivity contribution < 1.29 is 17.5 Å². The average molecular weight is 361 g/mol. The summed E-state index contributed by atoms with van der Waals surface area (Å²) in [5, 5.41) is 4.91. The maximum Gasteiger partial charge on any atom is 0.238 e. The van der Waals surface area contributed by atoms with E-state index in [4.69, 9.17) is 9.88 Å². The number of sulfonamides is 1. The van der Waals surface area contributed by atoms with Gasteiger partial charge in [-0.3, -0.25) is 4.98 Å². The van der Waals surface area contributed by atoms with Crippen molar-refractivity contribution in [3.05, 3.63) is 52.5 Å². The van der Waals surface area contributed by atoms with E-state index in [0.29, 0.717) is 5.69 Å². The third kappa shape index (κ3) is 3.75. The normalized spacial score (nSPS) is 11.3. The first-order chi connectivity index (χ1) is 9.36. The van der Waals surface area contributed by atoms with E-state index in [2.05, 4.69) is 20.9 Å². The number of halogens is 2. The van der Waals surface area contributed by atoms with Crippen molar-refractivity contribution in [1.29, 1.82) is 0 Å². The van der Waals surface area contributed by atoms with Crippen molar-refractivity contribution in [2.24, 2.45) is 5.14 Å². The van der Waals surface area contributed by atoms with E-state index in [1.807, 2.05) is 0 Å². The lowest BCUT2D eigenvalue weighted by atomic mass is 10.3. The van der Waals surface area contributed by atoms with Gasteiger partial charge in [-0.25, -0.2) is 17.9 Å². The van der Waals surface area contributed by atoms with Crippen LogP contribution >= 0.6 is 15.9 Å². The lowest BCUT2D eigenvalue weighted by Gasteiger charge is -2.08. The third-order valence-corrected chi connectivity index (χ3v) is 3.78. The zero-order valence-corrected chi connectivity index (χ0v) is 12.5. The van der Waals surface area contributed by atoms with Gasteiger partial charge < -0.3 is 4.74 Å². The maximum atomic E-state index is 13.7. The second-order valence-electron chi connectivity index (χ2n) is 3.89. The van der Waals surface area contributed by atoms with Gasteiger partial charge >= 0.3 is 0 Å². The lowest BCUT2D eigenvalue weighted by molar-refractivity contribution is 0.285. The molecule has 0 spiro atoms. The van der Waals surface area contributed by atoms with Gasteiger partial charge in [0, 0.05) is 10.7 Å². The Morgan fingerprint density at radius 1 is 1.30 bits per heavy atom. The maximum absolute atomic E-state index is 13.7. The Morgan fingerprint density at radius 2 is 2.05 bits per heavy atom. The van der Waals surface area contributed by atoms with E-state index in [1.165, 1.54) is 12.1 Å². The molecular formula is C12H10BrFN2O3S. The Hall–Kier alpha value is -1.51. The lowest BCUT2D eigenvalue weighted by Crippen LogP contribution is -2.12. The Bertz CT molecular complexity index is 720. The Labute approximate surface area is 123 Å². The predicted octanol–water partition coefficient (Wildman–Crippen LogP) is 2.21. The zero-order valence-electron chi connectivity index (χ0n) is 10.1. The summed E-state index contributed by atoms with van der Waals surface area (Å²) >= 11 is 3.25. The fourth-order valence-corrected chi connectivity index (χ4v) is 2.18. The summed E-state index contributed by atoms with van der Waals surface area (Å²) < 4.78 is 41.9. The second-order valence-corrected chi connectivity index (χ2v) is 6.37. The van der Waals surface area contributed by atoms with Crippen LogP contribution in [0.5, 0.6) is 5.75 Å². The van der Waals surface area contributed by atoms with E-state index in [1.54, 1.807) is 18.3 Å². The molecule has 2 N–H and O–H groups in total. The van der Waals surface area contributed by atoms with Crippen LogP contribution in [0.15, 0.2) is 45.9 Å². The molecule has 0 amide bonds. The van der Waals surface area contributed by atoms with E-state index < -0.39 is 15.8 Å². The topological polar surface area (TPSA) is 82.3 Å². The van der Waals surface area contributed by atoms with Gasteiger partial charge in [0.1, 0.15) is 6.61 Å². The molecule has 0 atom stereocenters. The fourth-order valence-electron chi connectivity index (χ4n) is 1.42. The van der Waals surface area contributed by atoms with E-state index in [-0.39, 0.29) is 17.3 Å². The summed E-state index contributed by atoms with van der Waals surface area (Å²) in [4.78, 5) is 3.77. The standard InChI is InChI=1S/C12H10BrFN2O3S/c13-8-1-2-9(16-6-8)7-19-12-4-3-10(5-11(12)14)20(15,17)18/h1-6H,7H2,(H2,15,17,18). The van der Waals surface area contributed by atoms with Crippen LogP contribution in [0, 0.1) is 5.82 Å². The number of hydrogen-bond donors (Lipinski definition) is 1. The number of aromatic nitrogens is 1. The minimum Gasteiger partial charge on any atom is -0.484 e. The highest BCUT2D eigenvalue weighted by Gasteiger charge is 2.12. The van der Waals surface area contributed by atoms with Crippen molar-refractivity contribution in [3.63, 3.8) is 0 Å². The molecule has 8 heteroatoms. The molecule has 0 aliphatic rings. The molecule has 0 saturated carbocycles. The highest BCUT2D eigenvalue weighted by atomic mass is 79.9. The predicted molar refractivity (Wildman–Crippen MR) is 74.0 cm³/mol. The first kappa shape index (κ1) is 14.9. The second kappa shape index (κ2) is 5.86.